The van der Waals surface area contributed by atoms with Crippen molar-refractivity contribution in [2.45, 2.75) is 0 Å². The molecule has 2 aromatic rings. The fourth-order valence-electron chi connectivity index (χ4n) is 1.75. The maximum absolute atomic E-state index is 12.2. The number of benzene rings is 2. The quantitative estimate of drug-likeness (QED) is 0.472. The van der Waals surface area contributed by atoms with Crippen LogP contribution in [0.3, 0.4) is 0 Å². The lowest BCUT2D eigenvalue weighted by Gasteiger charge is -2.02. The number of ketones is 2. The summed E-state index contributed by atoms with van der Waals surface area (Å²) in [5.74, 6) is -0.310. The smallest absolute Gasteiger partial charge is 0.193 e. The average molecular weight is 248 g/mol. The van der Waals surface area contributed by atoms with Crippen molar-refractivity contribution in [2.24, 2.45) is 0 Å². The van der Waals surface area contributed by atoms with Crippen LogP contribution in [0.1, 0.15) is 26.3 Å². The summed E-state index contributed by atoms with van der Waals surface area (Å²) < 4.78 is 0. The van der Waals surface area contributed by atoms with E-state index in [2.05, 4.69) is 12.3 Å². The third-order valence-electron chi connectivity index (χ3n) is 2.68. The molecular weight excluding hydrogens is 236 g/mol. The van der Waals surface area contributed by atoms with Crippen LogP contribution < -0.4 is 0 Å². The summed E-state index contributed by atoms with van der Waals surface area (Å²) in [5, 5.41) is 0. The van der Waals surface area contributed by atoms with E-state index in [-0.39, 0.29) is 11.6 Å². The Hall–Kier alpha value is -2.70. The van der Waals surface area contributed by atoms with Crippen LogP contribution in [-0.2, 0) is 0 Å². The first-order chi connectivity index (χ1) is 9.22. The first-order valence-corrected chi connectivity index (χ1v) is 5.82. The number of hydrogen-bond donors (Lipinski definition) is 0. The molecule has 0 saturated heterocycles. The molecule has 0 saturated carbocycles. The molecule has 19 heavy (non-hydrogen) atoms. The van der Waals surface area contributed by atoms with Gasteiger partial charge in [-0.15, -0.1) is 5.73 Å². The molecule has 0 heterocycles. The molecular formula is C17H12O2. The molecule has 0 N–H and O–H groups in total. The molecule has 0 amide bonds. The van der Waals surface area contributed by atoms with Crippen LogP contribution in [0.25, 0.3) is 0 Å². The van der Waals surface area contributed by atoms with E-state index >= 15 is 0 Å². The Balaban J connectivity index is 2.36. The van der Waals surface area contributed by atoms with Gasteiger partial charge in [-0.05, 0) is 6.07 Å². The summed E-state index contributed by atoms with van der Waals surface area (Å²) in [6.45, 7) is 3.36. The van der Waals surface area contributed by atoms with Gasteiger partial charge in [0.2, 0.25) is 0 Å². The maximum atomic E-state index is 12.2. The van der Waals surface area contributed by atoms with Crippen LogP contribution in [0.2, 0.25) is 0 Å². The van der Waals surface area contributed by atoms with Crippen molar-refractivity contribution in [1.82, 2.24) is 0 Å². The highest BCUT2D eigenvalue weighted by atomic mass is 16.1. The number of hydrogen-bond acceptors (Lipinski definition) is 2. The minimum absolute atomic E-state index is 0.0992. The molecule has 0 bridgehead atoms. The van der Waals surface area contributed by atoms with Gasteiger partial charge in [-0.1, -0.05) is 55.1 Å². The summed E-state index contributed by atoms with van der Waals surface area (Å²) in [6, 6.07) is 15.6. The minimum atomic E-state index is -0.210. The van der Waals surface area contributed by atoms with Crippen molar-refractivity contribution in [1.29, 1.82) is 0 Å². The lowest BCUT2D eigenvalue weighted by molar-refractivity contribution is 0.103. The second-order valence-corrected chi connectivity index (χ2v) is 3.99. The van der Waals surface area contributed by atoms with Crippen molar-refractivity contribution in [3.63, 3.8) is 0 Å². The zero-order valence-corrected chi connectivity index (χ0v) is 10.3. The monoisotopic (exact) mass is 248 g/mol. The molecule has 2 aromatic carbocycles. The first-order valence-electron chi connectivity index (χ1n) is 5.82. The van der Waals surface area contributed by atoms with Crippen molar-refractivity contribution >= 4 is 11.6 Å². The van der Waals surface area contributed by atoms with Crippen LogP contribution in [0.15, 0.2) is 73.0 Å². The van der Waals surface area contributed by atoms with Crippen LogP contribution in [0.4, 0.5) is 0 Å². The minimum Gasteiger partial charge on any atom is -0.289 e. The van der Waals surface area contributed by atoms with Crippen molar-refractivity contribution in [3.8, 4) is 0 Å². The van der Waals surface area contributed by atoms with Crippen molar-refractivity contribution in [3.05, 3.63) is 89.7 Å². The lowest BCUT2D eigenvalue weighted by atomic mass is 10.00. The normalized spacial score (nSPS) is 9.47. The Morgan fingerprint density at radius 3 is 2.21 bits per heavy atom. The highest BCUT2D eigenvalue weighted by molar-refractivity contribution is 6.11. The highest BCUT2D eigenvalue weighted by Gasteiger charge is 2.10. The SMILES string of the molecule is C=C=CC(=O)c1cccc(C(=O)c2ccccc2)c1. The predicted octanol–water partition coefficient (Wildman–Crippen LogP) is 3.44. The van der Waals surface area contributed by atoms with E-state index < -0.39 is 0 Å². The zero-order valence-electron chi connectivity index (χ0n) is 10.3. The Morgan fingerprint density at radius 2 is 1.53 bits per heavy atom. The van der Waals surface area contributed by atoms with Gasteiger partial charge in [0, 0.05) is 22.8 Å². The topological polar surface area (TPSA) is 34.1 Å². The second-order valence-electron chi connectivity index (χ2n) is 3.99. The highest BCUT2D eigenvalue weighted by Crippen LogP contribution is 2.12. The number of allylic oxidation sites excluding steroid dienone is 1. The fraction of sp³-hybridized carbons (Fsp3) is 0. The molecule has 0 unspecified atom stereocenters. The molecule has 0 aromatic heterocycles. The largest absolute Gasteiger partial charge is 0.289 e. The van der Waals surface area contributed by atoms with Gasteiger partial charge in [0.05, 0.1) is 0 Å². The molecule has 0 aliphatic carbocycles. The fourth-order valence-corrected chi connectivity index (χ4v) is 1.75. The third-order valence-corrected chi connectivity index (χ3v) is 2.68. The molecule has 0 spiro atoms. The molecule has 0 aliphatic rings. The Morgan fingerprint density at radius 1 is 0.895 bits per heavy atom. The first kappa shape index (κ1) is 12.7. The van der Waals surface area contributed by atoms with E-state index in [1.807, 2.05) is 18.2 Å². The molecule has 2 heteroatoms. The predicted molar refractivity (Wildman–Crippen MR) is 74.4 cm³/mol. The molecule has 0 aliphatic heterocycles. The van der Waals surface area contributed by atoms with Crippen molar-refractivity contribution < 1.29 is 9.59 Å². The zero-order chi connectivity index (χ0) is 13.7. The summed E-state index contributed by atoms with van der Waals surface area (Å²) in [6.07, 6.45) is 1.26. The molecule has 0 atom stereocenters. The molecule has 0 radical (unpaired) electrons. The molecule has 2 rings (SSSR count). The van der Waals surface area contributed by atoms with Gasteiger partial charge in [0.25, 0.3) is 0 Å². The Labute approximate surface area is 111 Å². The van der Waals surface area contributed by atoms with Gasteiger partial charge >= 0.3 is 0 Å². The second kappa shape index (κ2) is 5.76. The summed E-state index contributed by atoms with van der Waals surface area (Å²) in [7, 11) is 0. The van der Waals surface area contributed by atoms with Crippen LogP contribution in [0, 0.1) is 0 Å². The van der Waals surface area contributed by atoms with E-state index in [0.717, 1.165) is 0 Å². The van der Waals surface area contributed by atoms with Crippen LogP contribution in [-0.4, -0.2) is 11.6 Å². The molecule has 92 valence electrons. The Kier molecular flexibility index (Phi) is 3.87. The van der Waals surface area contributed by atoms with Gasteiger partial charge in [-0.2, -0.15) is 0 Å². The van der Waals surface area contributed by atoms with Crippen LogP contribution in [0.5, 0.6) is 0 Å². The number of carbonyl (C=O) groups excluding carboxylic acids is 2. The molecule has 2 nitrogen and oxygen atoms in total. The van der Waals surface area contributed by atoms with Gasteiger partial charge in [0.1, 0.15) is 0 Å². The third kappa shape index (κ3) is 2.95. The Bertz CT molecular complexity index is 663. The number of carbonyl (C=O) groups is 2. The summed E-state index contributed by atoms with van der Waals surface area (Å²) in [5.41, 5.74) is 3.99. The van der Waals surface area contributed by atoms with E-state index in [0.29, 0.717) is 16.7 Å². The number of rotatable bonds is 4. The van der Waals surface area contributed by atoms with E-state index in [9.17, 15) is 9.59 Å². The average Bonchev–Trinajstić information content (AvgIpc) is 2.48. The van der Waals surface area contributed by atoms with E-state index in [4.69, 9.17) is 0 Å². The van der Waals surface area contributed by atoms with Gasteiger partial charge in [0.15, 0.2) is 11.6 Å². The van der Waals surface area contributed by atoms with Crippen LogP contribution >= 0.6 is 0 Å². The maximum Gasteiger partial charge on any atom is 0.193 e. The van der Waals surface area contributed by atoms with E-state index in [1.54, 1.807) is 36.4 Å². The standard InChI is InChI=1S/C17H12O2/c1-2-7-16(18)14-10-6-11-15(12-14)17(19)13-8-4-3-5-9-13/h3-12H,1H2. The van der Waals surface area contributed by atoms with Crippen molar-refractivity contribution in [2.75, 3.05) is 0 Å². The van der Waals surface area contributed by atoms with Gasteiger partial charge in [-0.3, -0.25) is 9.59 Å². The summed E-state index contributed by atoms with van der Waals surface area (Å²) in [4.78, 5) is 23.9. The van der Waals surface area contributed by atoms with E-state index in [1.165, 1.54) is 6.08 Å². The lowest BCUT2D eigenvalue weighted by Crippen LogP contribution is -2.03. The summed E-state index contributed by atoms with van der Waals surface area (Å²) >= 11 is 0. The molecule has 0 fully saturated rings. The van der Waals surface area contributed by atoms with Gasteiger partial charge < -0.3 is 0 Å². The van der Waals surface area contributed by atoms with Gasteiger partial charge in [-0.25, -0.2) is 0 Å².